The SMILES string of the molecule is CC(C)(C)OC(=O)NC(=NOCCNC(=O)[C@@H]1CCCN1)NC(=O)OC(C)(C)C. The van der Waals surface area contributed by atoms with E-state index in [-0.39, 0.29) is 31.1 Å². The van der Waals surface area contributed by atoms with Crippen LogP contribution in [0.3, 0.4) is 0 Å². The van der Waals surface area contributed by atoms with Crippen LogP contribution in [0.5, 0.6) is 0 Å². The van der Waals surface area contributed by atoms with Crippen LogP contribution in [-0.2, 0) is 19.1 Å². The van der Waals surface area contributed by atoms with Gasteiger partial charge in [-0.1, -0.05) is 0 Å². The fourth-order valence-electron chi connectivity index (χ4n) is 2.24. The molecule has 0 aromatic heterocycles. The Morgan fingerprint density at radius 3 is 2.00 bits per heavy atom. The Kier molecular flexibility index (Phi) is 9.15. The van der Waals surface area contributed by atoms with Crippen LogP contribution in [-0.4, -0.2) is 61.0 Å². The van der Waals surface area contributed by atoms with Crippen molar-refractivity contribution >= 4 is 24.1 Å². The highest BCUT2D eigenvalue weighted by Crippen LogP contribution is 2.08. The maximum atomic E-state index is 11.9. The average molecular weight is 415 g/mol. The molecule has 3 amide bonds. The smallest absolute Gasteiger partial charge is 0.414 e. The largest absolute Gasteiger partial charge is 0.444 e. The fraction of sp³-hybridized carbons (Fsp3) is 0.778. The van der Waals surface area contributed by atoms with Crippen molar-refractivity contribution in [2.45, 2.75) is 71.6 Å². The number of hydrogen-bond donors (Lipinski definition) is 4. The van der Waals surface area contributed by atoms with Crippen molar-refractivity contribution in [1.29, 1.82) is 0 Å². The molecule has 0 aliphatic carbocycles. The number of hydrogen-bond acceptors (Lipinski definition) is 8. The summed E-state index contributed by atoms with van der Waals surface area (Å²) >= 11 is 0. The fourth-order valence-corrected chi connectivity index (χ4v) is 2.24. The van der Waals surface area contributed by atoms with Crippen LogP contribution < -0.4 is 21.3 Å². The van der Waals surface area contributed by atoms with E-state index in [2.05, 4.69) is 26.4 Å². The van der Waals surface area contributed by atoms with Crippen molar-refractivity contribution in [3.8, 4) is 0 Å². The predicted molar refractivity (Wildman–Crippen MR) is 106 cm³/mol. The van der Waals surface area contributed by atoms with Gasteiger partial charge in [0.05, 0.1) is 12.6 Å². The zero-order valence-electron chi connectivity index (χ0n) is 18.0. The number of nitrogens with one attached hydrogen (secondary N) is 4. The Bertz CT molecular complexity index is 571. The van der Waals surface area contributed by atoms with E-state index in [4.69, 9.17) is 14.3 Å². The summed E-state index contributed by atoms with van der Waals surface area (Å²) in [5, 5.41) is 14.1. The molecule has 166 valence electrons. The molecule has 1 saturated heterocycles. The third-order valence-corrected chi connectivity index (χ3v) is 3.26. The second kappa shape index (κ2) is 10.8. The van der Waals surface area contributed by atoms with E-state index < -0.39 is 23.4 Å². The van der Waals surface area contributed by atoms with Gasteiger partial charge in [0.15, 0.2) is 0 Å². The third-order valence-electron chi connectivity index (χ3n) is 3.26. The van der Waals surface area contributed by atoms with Gasteiger partial charge in [0.2, 0.25) is 5.91 Å². The highest BCUT2D eigenvalue weighted by Gasteiger charge is 2.22. The Balaban J connectivity index is 2.55. The van der Waals surface area contributed by atoms with Gasteiger partial charge in [0.25, 0.3) is 5.96 Å². The number of alkyl carbamates (subject to hydrolysis) is 2. The minimum atomic E-state index is -0.823. The minimum Gasteiger partial charge on any atom is -0.444 e. The standard InChI is InChI=1S/C18H33N5O6/c1-17(2,3)28-15(25)21-14(22-16(26)29-18(4,5)6)23-27-11-10-20-13(24)12-8-7-9-19-12/h12,19H,7-11H2,1-6H3,(H,20,24)(H2,21,22,23,25,26)/t12-/m0/s1. The number of amides is 3. The highest BCUT2D eigenvalue weighted by atomic mass is 16.6. The molecule has 4 N–H and O–H groups in total. The summed E-state index contributed by atoms with van der Waals surface area (Å²) in [5.41, 5.74) is -1.47. The van der Waals surface area contributed by atoms with Gasteiger partial charge < -0.3 is 24.9 Å². The molecule has 0 bridgehead atoms. The summed E-state index contributed by atoms with van der Waals surface area (Å²) in [6.45, 7) is 11.3. The second-order valence-corrected chi connectivity index (χ2v) is 8.47. The van der Waals surface area contributed by atoms with E-state index in [1.807, 2.05) is 0 Å². The van der Waals surface area contributed by atoms with Gasteiger partial charge in [-0.3, -0.25) is 15.4 Å². The first-order valence-electron chi connectivity index (χ1n) is 9.57. The van der Waals surface area contributed by atoms with E-state index in [0.717, 1.165) is 19.4 Å². The van der Waals surface area contributed by atoms with E-state index in [0.29, 0.717) is 0 Å². The van der Waals surface area contributed by atoms with Crippen LogP contribution >= 0.6 is 0 Å². The van der Waals surface area contributed by atoms with E-state index in [9.17, 15) is 14.4 Å². The van der Waals surface area contributed by atoms with Gasteiger partial charge in [-0.05, 0) is 66.1 Å². The van der Waals surface area contributed by atoms with Crippen LogP contribution in [0, 0.1) is 0 Å². The lowest BCUT2D eigenvalue weighted by Gasteiger charge is -2.21. The molecule has 1 heterocycles. The Morgan fingerprint density at radius 1 is 1.00 bits per heavy atom. The average Bonchev–Trinajstić information content (AvgIpc) is 3.04. The maximum absolute atomic E-state index is 11.9. The lowest BCUT2D eigenvalue weighted by atomic mass is 10.2. The van der Waals surface area contributed by atoms with Crippen molar-refractivity contribution in [1.82, 2.24) is 21.3 Å². The van der Waals surface area contributed by atoms with E-state index >= 15 is 0 Å². The van der Waals surface area contributed by atoms with Gasteiger partial charge in [0, 0.05) is 0 Å². The van der Waals surface area contributed by atoms with E-state index in [1.165, 1.54) is 0 Å². The van der Waals surface area contributed by atoms with Crippen LogP contribution in [0.25, 0.3) is 0 Å². The first kappa shape index (κ1) is 24.5. The first-order chi connectivity index (χ1) is 13.4. The van der Waals surface area contributed by atoms with Gasteiger partial charge in [-0.25, -0.2) is 9.59 Å². The van der Waals surface area contributed by atoms with Crippen LogP contribution in [0.4, 0.5) is 9.59 Å². The van der Waals surface area contributed by atoms with Gasteiger partial charge in [-0.15, -0.1) is 0 Å². The zero-order valence-corrected chi connectivity index (χ0v) is 18.0. The molecule has 29 heavy (non-hydrogen) atoms. The minimum absolute atomic E-state index is 0.0357. The number of nitrogens with zero attached hydrogens (tertiary/aromatic N) is 1. The summed E-state index contributed by atoms with van der Waals surface area (Å²) in [5.74, 6) is -0.397. The summed E-state index contributed by atoms with van der Waals surface area (Å²) in [6.07, 6.45) is 0.122. The molecule has 0 spiro atoms. The predicted octanol–water partition coefficient (Wildman–Crippen LogP) is 1.19. The number of rotatable bonds is 5. The third kappa shape index (κ3) is 11.8. The molecule has 1 aliphatic rings. The quantitative estimate of drug-likeness (QED) is 0.229. The molecule has 11 heteroatoms. The normalized spacial score (nSPS) is 16.4. The molecule has 0 saturated carbocycles. The van der Waals surface area contributed by atoms with Crippen molar-refractivity contribution in [2.75, 3.05) is 19.7 Å². The molecular weight excluding hydrogens is 382 g/mol. The molecule has 0 aromatic rings. The number of ether oxygens (including phenoxy) is 2. The molecular formula is C18H33N5O6. The summed E-state index contributed by atoms with van der Waals surface area (Å²) in [7, 11) is 0. The Labute approximate surface area is 171 Å². The van der Waals surface area contributed by atoms with Crippen molar-refractivity contribution < 1.29 is 28.7 Å². The monoisotopic (exact) mass is 415 g/mol. The number of carbonyl (C=O) groups excluding carboxylic acids is 3. The van der Waals surface area contributed by atoms with E-state index in [1.54, 1.807) is 41.5 Å². The highest BCUT2D eigenvalue weighted by molar-refractivity contribution is 6.01. The van der Waals surface area contributed by atoms with Crippen molar-refractivity contribution in [3.63, 3.8) is 0 Å². The Hall–Kier alpha value is -2.56. The number of guanidine groups is 1. The second-order valence-electron chi connectivity index (χ2n) is 8.47. The van der Waals surface area contributed by atoms with Crippen molar-refractivity contribution in [2.24, 2.45) is 5.16 Å². The van der Waals surface area contributed by atoms with Crippen LogP contribution in [0.1, 0.15) is 54.4 Å². The molecule has 1 aliphatic heterocycles. The number of oxime groups is 1. The van der Waals surface area contributed by atoms with Gasteiger partial charge in [-0.2, -0.15) is 0 Å². The first-order valence-corrected chi connectivity index (χ1v) is 9.57. The molecule has 11 nitrogen and oxygen atoms in total. The Morgan fingerprint density at radius 2 is 1.55 bits per heavy atom. The molecule has 1 fully saturated rings. The molecule has 0 aromatic carbocycles. The lowest BCUT2D eigenvalue weighted by molar-refractivity contribution is -0.123. The number of carbonyl (C=O) groups is 3. The lowest BCUT2D eigenvalue weighted by Crippen LogP contribution is -2.47. The molecule has 1 rings (SSSR count). The van der Waals surface area contributed by atoms with Crippen LogP contribution in [0.2, 0.25) is 0 Å². The maximum Gasteiger partial charge on any atom is 0.414 e. The zero-order chi connectivity index (χ0) is 22.1. The topological polar surface area (TPSA) is 139 Å². The molecule has 1 atom stereocenters. The summed E-state index contributed by atoms with van der Waals surface area (Å²) in [4.78, 5) is 40.8. The summed E-state index contributed by atoms with van der Waals surface area (Å²) < 4.78 is 10.2. The molecule has 0 radical (unpaired) electrons. The van der Waals surface area contributed by atoms with Crippen molar-refractivity contribution in [3.05, 3.63) is 0 Å². The molecule has 0 unspecified atom stereocenters. The summed E-state index contributed by atoms with van der Waals surface area (Å²) in [6, 6.07) is -0.184. The van der Waals surface area contributed by atoms with Gasteiger partial charge in [0.1, 0.15) is 17.8 Å². The van der Waals surface area contributed by atoms with Crippen LogP contribution in [0.15, 0.2) is 5.16 Å². The van der Waals surface area contributed by atoms with Gasteiger partial charge >= 0.3 is 12.2 Å².